The molecule has 5 heteroatoms. The van der Waals surface area contributed by atoms with Gasteiger partial charge in [-0.2, -0.15) is 0 Å². The molecule has 0 fully saturated rings. The van der Waals surface area contributed by atoms with Crippen LogP contribution in [-0.4, -0.2) is 16.9 Å². The smallest absolute Gasteiger partial charge is 0.262 e. The van der Waals surface area contributed by atoms with E-state index in [9.17, 15) is 4.79 Å². The number of nitrogens with one attached hydrogen (secondary N) is 1. The molecule has 1 aromatic heterocycles. The Morgan fingerprint density at radius 1 is 1.40 bits per heavy atom. The van der Waals surface area contributed by atoms with Crippen molar-refractivity contribution < 1.29 is 4.79 Å². The number of rotatable bonds is 2. The average Bonchev–Trinajstić information content (AvgIpc) is 2.82. The molecule has 3 N–H and O–H groups in total. The molecule has 2 aromatic rings. The molecule has 5 nitrogen and oxygen atoms in total. The number of nitrogens with zero attached hydrogens (tertiary/aromatic N) is 2. The van der Waals surface area contributed by atoms with Gasteiger partial charge in [-0.15, -0.1) is 0 Å². The topological polar surface area (TPSA) is 71.2 Å². The van der Waals surface area contributed by atoms with E-state index in [4.69, 9.17) is 5.84 Å². The molecular formula is C15H16N4O. The minimum Gasteiger partial charge on any atom is -0.323 e. The van der Waals surface area contributed by atoms with Crippen molar-refractivity contribution in [2.24, 2.45) is 5.84 Å². The maximum atomic E-state index is 12.8. The van der Waals surface area contributed by atoms with E-state index in [0.717, 1.165) is 12.1 Å². The summed E-state index contributed by atoms with van der Waals surface area (Å²) in [5, 5.41) is 0. The normalized spacial score (nSPS) is 16.9. The summed E-state index contributed by atoms with van der Waals surface area (Å²) in [7, 11) is 0. The van der Waals surface area contributed by atoms with E-state index < -0.39 is 0 Å². The van der Waals surface area contributed by atoms with E-state index in [0.29, 0.717) is 11.3 Å². The highest BCUT2D eigenvalue weighted by Gasteiger charge is 2.32. The highest BCUT2D eigenvalue weighted by molar-refractivity contribution is 6.10. The summed E-state index contributed by atoms with van der Waals surface area (Å²) in [6.45, 7) is 2.05. The molecule has 3 rings (SSSR count). The van der Waals surface area contributed by atoms with Crippen LogP contribution in [0.2, 0.25) is 0 Å². The van der Waals surface area contributed by atoms with Crippen LogP contribution < -0.4 is 16.2 Å². The van der Waals surface area contributed by atoms with Crippen molar-refractivity contribution >= 4 is 17.3 Å². The van der Waals surface area contributed by atoms with Gasteiger partial charge in [-0.25, -0.2) is 0 Å². The van der Waals surface area contributed by atoms with Crippen LogP contribution in [0, 0.1) is 0 Å². The standard InChI is InChI=1S/C15H16N4O/c1-10-8-11-4-2-3-5-14(11)19(10)15(20)12-9-17-7-6-13(12)18-16/h2-7,9-10H,8,16H2,1H3,(H,17,18). The lowest BCUT2D eigenvalue weighted by molar-refractivity contribution is 0.0982. The number of benzene rings is 1. The quantitative estimate of drug-likeness (QED) is 0.645. The molecule has 1 aromatic carbocycles. The first-order chi connectivity index (χ1) is 9.72. The van der Waals surface area contributed by atoms with Crippen LogP contribution in [0.25, 0.3) is 0 Å². The molecule has 1 amide bonds. The molecule has 0 bridgehead atoms. The molecule has 1 unspecified atom stereocenters. The Labute approximate surface area is 117 Å². The van der Waals surface area contributed by atoms with Gasteiger partial charge in [0.05, 0.1) is 11.3 Å². The summed E-state index contributed by atoms with van der Waals surface area (Å²) >= 11 is 0. The molecule has 0 radical (unpaired) electrons. The highest BCUT2D eigenvalue weighted by Crippen LogP contribution is 2.33. The molecule has 2 heterocycles. The van der Waals surface area contributed by atoms with Gasteiger partial charge in [0.15, 0.2) is 0 Å². The Morgan fingerprint density at radius 2 is 2.20 bits per heavy atom. The van der Waals surface area contributed by atoms with E-state index in [-0.39, 0.29) is 11.9 Å². The molecule has 0 spiro atoms. The Hall–Kier alpha value is -2.40. The van der Waals surface area contributed by atoms with Crippen LogP contribution in [0.4, 0.5) is 11.4 Å². The fourth-order valence-corrected chi connectivity index (χ4v) is 2.70. The number of nitrogen functional groups attached to an aromatic ring is 1. The average molecular weight is 268 g/mol. The van der Waals surface area contributed by atoms with Crippen LogP contribution in [0.15, 0.2) is 42.7 Å². The number of hydrogen-bond acceptors (Lipinski definition) is 4. The second-order valence-electron chi connectivity index (χ2n) is 4.92. The van der Waals surface area contributed by atoms with Crippen molar-refractivity contribution in [1.29, 1.82) is 0 Å². The maximum Gasteiger partial charge on any atom is 0.262 e. The number of pyridine rings is 1. The number of amides is 1. The lowest BCUT2D eigenvalue weighted by atomic mass is 10.1. The lowest BCUT2D eigenvalue weighted by Crippen LogP contribution is -2.36. The number of aromatic nitrogens is 1. The fraction of sp³-hybridized carbons (Fsp3) is 0.200. The number of carbonyl (C=O) groups is 1. The number of anilines is 2. The van der Waals surface area contributed by atoms with Crippen molar-refractivity contribution in [3.8, 4) is 0 Å². The van der Waals surface area contributed by atoms with Crippen molar-refractivity contribution in [3.05, 3.63) is 53.9 Å². The van der Waals surface area contributed by atoms with Gasteiger partial charge >= 0.3 is 0 Å². The Bertz CT molecular complexity index is 656. The largest absolute Gasteiger partial charge is 0.323 e. The number of nitrogens with two attached hydrogens (primary N) is 1. The Morgan fingerprint density at radius 3 is 3.00 bits per heavy atom. The van der Waals surface area contributed by atoms with Crippen molar-refractivity contribution in [2.45, 2.75) is 19.4 Å². The van der Waals surface area contributed by atoms with Crippen molar-refractivity contribution in [1.82, 2.24) is 4.98 Å². The van der Waals surface area contributed by atoms with Gasteiger partial charge < -0.3 is 10.3 Å². The second kappa shape index (κ2) is 4.94. The van der Waals surface area contributed by atoms with Gasteiger partial charge in [0.25, 0.3) is 5.91 Å². The predicted octanol–water partition coefficient (Wildman–Crippen LogP) is 1.96. The zero-order valence-corrected chi connectivity index (χ0v) is 11.2. The summed E-state index contributed by atoms with van der Waals surface area (Å²) < 4.78 is 0. The maximum absolute atomic E-state index is 12.8. The summed E-state index contributed by atoms with van der Waals surface area (Å²) in [4.78, 5) is 18.6. The summed E-state index contributed by atoms with van der Waals surface area (Å²) in [5.41, 5.74) is 5.78. The van der Waals surface area contributed by atoms with E-state index in [2.05, 4.69) is 16.5 Å². The zero-order chi connectivity index (χ0) is 14.1. The third-order valence-corrected chi connectivity index (χ3v) is 3.63. The third kappa shape index (κ3) is 1.92. The van der Waals surface area contributed by atoms with Crippen LogP contribution in [0.5, 0.6) is 0 Å². The second-order valence-corrected chi connectivity index (χ2v) is 4.92. The van der Waals surface area contributed by atoms with Gasteiger partial charge in [0.2, 0.25) is 0 Å². The number of hydrogen-bond donors (Lipinski definition) is 2. The molecule has 1 aliphatic heterocycles. The lowest BCUT2D eigenvalue weighted by Gasteiger charge is -2.23. The van der Waals surface area contributed by atoms with E-state index in [1.54, 1.807) is 18.5 Å². The fourth-order valence-electron chi connectivity index (χ4n) is 2.70. The minimum atomic E-state index is -0.0801. The molecule has 0 saturated carbocycles. The molecule has 20 heavy (non-hydrogen) atoms. The van der Waals surface area contributed by atoms with Crippen LogP contribution >= 0.6 is 0 Å². The van der Waals surface area contributed by atoms with Gasteiger partial charge in [0.1, 0.15) is 0 Å². The van der Waals surface area contributed by atoms with Crippen LogP contribution in [0.1, 0.15) is 22.8 Å². The van der Waals surface area contributed by atoms with Crippen LogP contribution in [0.3, 0.4) is 0 Å². The summed E-state index contributed by atoms with van der Waals surface area (Å²) in [5.74, 6) is 5.39. The first-order valence-corrected chi connectivity index (χ1v) is 6.54. The number of para-hydroxylation sites is 1. The third-order valence-electron chi connectivity index (χ3n) is 3.63. The van der Waals surface area contributed by atoms with Gasteiger partial charge in [-0.05, 0) is 31.0 Å². The van der Waals surface area contributed by atoms with Gasteiger partial charge in [0, 0.05) is 24.1 Å². The van der Waals surface area contributed by atoms with Gasteiger partial charge in [-0.1, -0.05) is 18.2 Å². The molecule has 1 atom stereocenters. The Balaban J connectivity index is 2.03. The summed E-state index contributed by atoms with van der Waals surface area (Å²) in [6.07, 6.45) is 4.02. The monoisotopic (exact) mass is 268 g/mol. The first-order valence-electron chi connectivity index (χ1n) is 6.54. The number of fused-ring (bicyclic) bond motifs is 1. The van der Waals surface area contributed by atoms with E-state index in [1.807, 2.05) is 30.0 Å². The SMILES string of the molecule is CC1Cc2ccccc2N1C(=O)c1cnccc1NN. The summed E-state index contributed by atoms with van der Waals surface area (Å²) in [6, 6.07) is 9.80. The number of hydrazine groups is 1. The molecule has 0 saturated heterocycles. The van der Waals surface area contributed by atoms with E-state index >= 15 is 0 Å². The van der Waals surface area contributed by atoms with Gasteiger partial charge in [-0.3, -0.25) is 15.6 Å². The zero-order valence-electron chi connectivity index (χ0n) is 11.2. The molecule has 1 aliphatic rings. The minimum absolute atomic E-state index is 0.0801. The molecule has 0 aliphatic carbocycles. The number of carbonyl (C=O) groups excluding carboxylic acids is 1. The van der Waals surface area contributed by atoms with Crippen molar-refractivity contribution in [3.63, 3.8) is 0 Å². The molecule has 102 valence electrons. The van der Waals surface area contributed by atoms with E-state index in [1.165, 1.54) is 5.56 Å². The Kier molecular flexibility index (Phi) is 3.12. The van der Waals surface area contributed by atoms with Crippen LogP contribution in [-0.2, 0) is 6.42 Å². The first kappa shape index (κ1) is 12.6. The van der Waals surface area contributed by atoms with Crippen molar-refractivity contribution in [2.75, 3.05) is 10.3 Å². The predicted molar refractivity (Wildman–Crippen MR) is 78.5 cm³/mol. The molecular weight excluding hydrogens is 252 g/mol. The highest BCUT2D eigenvalue weighted by atomic mass is 16.2.